The molecule has 0 atom stereocenters. The molecular weight excluding hydrogens is 377 g/mol. The molecule has 1 aliphatic rings. The molecule has 0 saturated carbocycles. The van der Waals surface area contributed by atoms with Gasteiger partial charge in [0.15, 0.2) is 0 Å². The van der Waals surface area contributed by atoms with Crippen LogP contribution >= 0.6 is 22.6 Å². The number of benzene rings is 1. The lowest BCUT2D eigenvalue weighted by Gasteiger charge is -2.16. The minimum Gasteiger partial charge on any atom is -0.357 e. The van der Waals surface area contributed by atoms with Gasteiger partial charge >= 0.3 is 0 Å². The lowest BCUT2D eigenvalue weighted by atomic mass is 10.2. The third-order valence-corrected chi connectivity index (χ3v) is 4.19. The van der Waals surface area contributed by atoms with Crippen molar-refractivity contribution in [2.45, 2.75) is 12.8 Å². The van der Waals surface area contributed by atoms with Gasteiger partial charge in [0.25, 0.3) is 5.91 Å². The molecule has 0 radical (unpaired) electrons. The lowest BCUT2D eigenvalue weighted by molar-refractivity contribution is 0.102. The summed E-state index contributed by atoms with van der Waals surface area (Å²) in [5, 5.41) is 2.93. The number of carbonyl (C=O) groups excluding carboxylic acids is 1. The van der Waals surface area contributed by atoms with Crippen molar-refractivity contribution < 1.29 is 4.79 Å². The highest BCUT2D eigenvalue weighted by Crippen LogP contribution is 2.19. The van der Waals surface area contributed by atoms with Crippen molar-refractivity contribution in [3.63, 3.8) is 0 Å². The Morgan fingerprint density at radius 3 is 2.76 bits per heavy atom. The van der Waals surface area contributed by atoms with E-state index in [0.29, 0.717) is 5.56 Å². The maximum Gasteiger partial charge on any atom is 0.255 e. The molecule has 1 aliphatic heterocycles. The second kappa shape index (κ2) is 6.43. The maximum absolute atomic E-state index is 12.3. The summed E-state index contributed by atoms with van der Waals surface area (Å²) >= 11 is 2.23. The Kier molecular flexibility index (Phi) is 4.38. The molecule has 0 unspecified atom stereocenters. The van der Waals surface area contributed by atoms with Crippen LogP contribution in [0.5, 0.6) is 0 Å². The van der Waals surface area contributed by atoms with E-state index in [4.69, 9.17) is 0 Å². The van der Waals surface area contributed by atoms with E-state index in [1.165, 1.54) is 12.8 Å². The van der Waals surface area contributed by atoms with E-state index >= 15 is 0 Å². The van der Waals surface area contributed by atoms with Crippen molar-refractivity contribution in [1.29, 1.82) is 0 Å². The van der Waals surface area contributed by atoms with Gasteiger partial charge in [0.2, 0.25) is 0 Å². The number of aromatic nitrogens is 1. The van der Waals surface area contributed by atoms with E-state index in [-0.39, 0.29) is 5.91 Å². The summed E-state index contributed by atoms with van der Waals surface area (Å²) < 4.78 is 1.10. The van der Waals surface area contributed by atoms with Gasteiger partial charge in [-0.2, -0.15) is 0 Å². The highest BCUT2D eigenvalue weighted by molar-refractivity contribution is 14.1. The van der Waals surface area contributed by atoms with Crippen LogP contribution in [0.3, 0.4) is 0 Å². The first kappa shape index (κ1) is 14.3. The molecule has 1 aromatic carbocycles. The summed E-state index contributed by atoms with van der Waals surface area (Å²) in [4.78, 5) is 18.9. The molecule has 3 rings (SSSR count). The number of nitrogens with zero attached hydrogens (tertiary/aromatic N) is 2. The van der Waals surface area contributed by atoms with E-state index < -0.39 is 0 Å². The van der Waals surface area contributed by atoms with Crippen LogP contribution < -0.4 is 10.2 Å². The van der Waals surface area contributed by atoms with Crippen LogP contribution in [-0.4, -0.2) is 24.0 Å². The van der Waals surface area contributed by atoms with Gasteiger partial charge in [0.1, 0.15) is 5.82 Å². The van der Waals surface area contributed by atoms with E-state index in [9.17, 15) is 4.79 Å². The molecule has 2 aromatic rings. The molecule has 0 spiro atoms. The summed E-state index contributed by atoms with van der Waals surface area (Å²) in [7, 11) is 0. The van der Waals surface area contributed by atoms with E-state index in [2.05, 4.69) is 37.8 Å². The smallest absolute Gasteiger partial charge is 0.255 e. The molecule has 1 N–H and O–H groups in total. The predicted molar refractivity (Wildman–Crippen MR) is 92.8 cm³/mol. The van der Waals surface area contributed by atoms with Crippen LogP contribution in [0.2, 0.25) is 0 Å². The molecule has 1 aromatic heterocycles. The van der Waals surface area contributed by atoms with Gasteiger partial charge < -0.3 is 10.2 Å². The highest BCUT2D eigenvalue weighted by Gasteiger charge is 2.15. The van der Waals surface area contributed by atoms with Gasteiger partial charge in [-0.3, -0.25) is 4.79 Å². The summed E-state index contributed by atoms with van der Waals surface area (Å²) in [5.74, 6) is 0.794. The molecule has 2 heterocycles. The van der Waals surface area contributed by atoms with Crippen LogP contribution in [0.15, 0.2) is 42.6 Å². The van der Waals surface area contributed by atoms with Crippen molar-refractivity contribution in [3.8, 4) is 0 Å². The van der Waals surface area contributed by atoms with E-state index in [1.807, 2.05) is 30.3 Å². The molecule has 4 nitrogen and oxygen atoms in total. The van der Waals surface area contributed by atoms with Crippen LogP contribution in [0, 0.1) is 3.57 Å². The molecule has 108 valence electrons. The Labute approximate surface area is 137 Å². The SMILES string of the molecule is O=C(Nc1cccc(I)c1)c1ccnc(N2CCCC2)c1. The van der Waals surface area contributed by atoms with Crippen molar-refractivity contribution in [2.75, 3.05) is 23.3 Å². The lowest BCUT2D eigenvalue weighted by Crippen LogP contribution is -2.20. The number of carbonyl (C=O) groups is 1. The summed E-state index contributed by atoms with van der Waals surface area (Å²) in [6.07, 6.45) is 4.10. The summed E-state index contributed by atoms with van der Waals surface area (Å²) in [6.45, 7) is 2.05. The van der Waals surface area contributed by atoms with Gasteiger partial charge in [-0.05, 0) is 65.8 Å². The van der Waals surface area contributed by atoms with Crippen LogP contribution in [0.1, 0.15) is 23.2 Å². The fourth-order valence-corrected chi connectivity index (χ4v) is 2.99. The number of pyridine rings is 1. The molecule has 1 fully saturated rings. The fraction of sp³-hybridized carbons (Fsp3) is 0.250. The first-order chi connectivity index (χ1) is 10.2. The van der Waals surface area contributed by atoms with Gasteiger partial charge in [0.05, 0.1) is 0 Å². The van der Waals surface area contributed by atoms with Gasteiger partial charge in [-0.25, -0.2) is 4.98 Å². The average molecular weight is 393 g/mol. The van der Waals surface area contributed by atoms with Crippen molar-refractivity contribution >= 4 is 40.0 Å². The Balaban J connectivity index is 1.76. The Morgan fingerprint density at radius 2 is 2.00 bits per heavy atom. The number of hydrogen-bond donors (Lipinski definition) is 1. The van der Waals surface area contributed by atoms with Crippen molar-refractivity contribution in [1.82, 2.24) is 4.98 Å². The largest absolute Gasteiger partial charge is 0.357 e. The normalized spacial score (nSPS) is 14.2. The standard InChI is InChI=1S/C16H16IN3O/c17-13-4-3-5-14(11-13)19-16(21)12-6-7-18-15(10-12)20-8-1-2-9-20/h3-7,10-11H,1-2,8-9H2,(H,19,21). The second-order valence-corrected chi connectivity index (χ2v) is 6.31. The van der Waals surface area contributed by atoms with Crippen LogP contribution in [0.25, 0.3) is 0 Å². The molecule has 0 bridgehead atoms. The van der Waals surface area contributed by atoms with Gasteiger partial charge in [0, 0.05) is 34.1 Å². The third kappa shape index (κ3) is 3.53. The Morgan fingerprint density at radius 1 is 1.19 bits per heavy atom. The third-order valence-electron chi connectivity index (χ3n) is 3.52. The maximum atomic E-state index is 12.3. The Hall–Kier alpha value is -1.63. The minimum atomic E-state index is -0.0974. The van der Waals surface area contributed by atoms with Gasteiger partial charge in [-0.15, -0.1) is 0 Å². The summed E-state index contributed by atoms with van der Waals surface area (Å²) in [5.41, 5.74) is 1.46. The zero-order chi connectivity index (χ0) is 14.7. The first-order valence-corrected chi connectivity index (χ1v) is 8.08. The van der Waals surface area contributed by atoms with Crippen LogP contribution in [0.4, 0.5) is 11.5 Å². The number of amides is 1. The minimum absolute atomic E-state index is 0.0974. The van der Waals surface area contributed by atoms with Crippen molar-refractivity contribution in [2.24, 2.45) is 0 Å². The second-order valence-electron chi connectivity index (χ2n) is 5.06. The quantitative estimate of drug-likeness (QED) is 0.812. The van der Waals surface area contributed by atoms with Crippen LogP contribution in [-0.2, 0) is 0 Å². The zero-order valence-electron chi connectivity index (χ0n) is 11.6. The molecule has 1 saturated heterocycles. The van der Waals surface area contributed by atoms with E-state index in [0.717, 1.165) is 28.2 Å². The zero-order valence-corrected chi connectivity index (χ0v) is 13.7. The number of hydrogen-bond acceptors (Lipinski definition) is 3. The number of rotatable bonds is 3. The van der Waals surface area contributed by atoms with Gasteiger partial charge in [-0.1, -0.05) is 6.07 Å². The average Bonchev–Trinajstić information content (AvgIpc) is 3.02. The molecule has 21 heavy (non-hydrogen) atoms. The monoisotopic (exact) mass is 393 g/mol. The first-order valence-electron chi connectivity index (χ1n) is 7.00. The number of nitrogens with one attached hydrogen (secondary N) is 1. The highest BCUT2D eigenvalue weighted by atomic mass is 127. The molecule has 5 heteroatoms. The molecular formula is C16H16IN3O. The Bertz CT molecular complexity index is 653. The fourth-order valence-electron chi connectivity index (χ4n) is 2.45. The summed E-state index contributed by atoms with van der Waals surface area (Å²) in [6, 6.07) is 11.4. The number of anilines is 2. The van der Waals surface area contributed by atoms with Crippen molar-refractivity contribution in [3.05, 3.63) is 51.7 Å². The predicted octanol–water partition coefficient (Wildman–Crippen LogP) is 3.54. The van der Waals surface area contributed by atoms with E-state index in [1.54, 1.807) is 12.3 Å². The topological polar surface area (TPSA) is 45.2 Å². The number of halogens is 1. The molecule has 0 aliphatic carbocycles. The molecule has 1 amide bonds.